The van der Waals surface area contributed by atoms with E-state index in [9.17, 15) is 13.2 Å². The molecule has 1 unspecified atom stereocenters. The van der Waals surface area contributed by atoms with E-state index in [0.29, 0.717) is 18.4 Å². The highest BCUT2D eigenvalue weighted by Gasteiger charge is 2.32. The molecule has 8 heteroatoms. The van der Waals surface area contributed by atoms with Crippen molar-refractivity contribution in [3.8, 4) is 0 Å². The quantitative estimate of drug-likeness (QED) is 0.904. The summed E-state index contributed by atoms with van der Waals surface area (Å²) in [6.45, 7) is 3.53. The van der Waals surface area contributed by atoms with Gasteiger partial charge in [-0.05, 0) is 26.2 Å². The van der Waals surface area contributed by atoms with Crippen molar-refractivity contribution < 1.29 is 13.2 Å². The molecule has 1 N–H and O–H groups in total. The van der Waals surface area contributed by atoms with E-state index >= 15 is 0 Å². The highest BCUT2D eigenvalue weighted by molar-refractivity contribution is 5.33. The SMILES string of the molecule is CN1CCN(C)C(CNc2ccc(C(F)(F)F)nn2)C1. The van der Waals surface area contributed by atoms with Crippen molar-refractivity contribution >= 4 is 5.82 Å². The Bertz CT molecular complexity index is 434. The normalized spacial score (nSPS) is 21.9. The van der Waals surface area contributed by atoms with E-state index in [0.717, 1.165) is 25.7 Å². The molecule has 1 atom stereocenters. The summed E-state index contributed by atoms with van der Waals surface area (Å²) in [5, 5.41) is 9.78. The van der Waals surface area contributed by atoms with Crippen LogP contribution in [0.4, 0.5) is 19.0 Å². The molecule has 0 radical (unpaired) electrons. The summed E-state index contributed by atoms with van der Waals surface area (Å²) in [6.07, 6.45) is -4.45. The van der Waals surface area contributed by atoms with Crippen LogP contribution in [0.1, 0.15) is 5.69 Å². The van der Waals surface area contributed by atoms with Crippen LogP contribution in [-0.2, 0) is 6.18 Å². The molecule has 1 aliphatic heterocycles. The Morgan fingerprint density at radius 3 is 2.60 bits per heavy atom. The Morgan fingerprint density at radius 2 is 2.00 bits per heavy atom. The van der Waals surface area contributed by atoms with Gasteiger partial charge in [0.2, 0.25) is 0 Å². The standard InChI is InChI=1S/C12H18F3N5/c1-19-5-6-20(2)9(8-19)7-16-11-4-3-10(17-18-11)12(13,14)15/h3-4,9H,5-8H2,1-2H3,(H,16,18). The zero-order chi connectivity index (χ0) is 14.8. The van der Waals surface area contributed by atoms with Crippen LogP contribution >= 0.6 is 0 Å². The third-order valence-corrected chi connectivity index (χ3v) is 3.45. The monoisotopic (exact) mass is 289 g/mol. The van der Waals surface area contributed by atoms with Gasteiger partial charge in [-0.2, -0.15) is 13.2 Å². The summed E-state index contributed by atoms with van der Waals surface area (Å²) in [5.74, 6) is 0.361. The Balaban J connectivity index is 1.90. The summed E-state index contributed by atoms with van der Waals surface area (Å²) in [5.41, 5.74) is -0.974. The number of anilines is 1. The van der Waals surface area contributed by atoms with E-state index in [1.54, 1.807) is 0 Å². The van der Waals surface area contributed by atoms with Gasteiger partial charge in [-0.25, -0.2) is 0 Å². The molecule has 1 fully saturated rings. The van der Waals surface area contributed by atoms with Gasteiger partial charge in [0.15, 0.2) is 5.69 Å². The molecule has 0 aromatic carbocycles. The lowest BCUT2D eigenvalue weighted by atomic mass is 10.2. The first-order valence-corrected chi connectivity index (χ1v) is 6.40. The minimum atomic E-state index is -4.45. The molecule has 0 spiro atoms. The fourth-order valence-corrected chi connectivity index (χ4v) is 2.12. The first-order chi connectivity index (χ1) is 9.36. The molecule has 1 aliphatic rings. The molecule has 0 bridgehead atoms. The van der Waals surface area contributed by atoms with Crippen molar-refractivity contribution in [2.75, 3.05) is 45.6 Å². The molecular formula is C12H18F3N5. The van der Waals surface area contributed by atoms with Crippen molar-refractivity contribution in [1.29, 1.82) is 0 Å². The van der Waals surface area contributed by atoms with E-state index in [1.807, 2.05) is 7.05 Å². The van der Waals surface area contributed by atoms with Crippen molar-refractivity contribution in [2.45, 2.75) is 12.2 Å². The second-order valence-electron chi connectivity index (χ2n) is 5.08. The topological polar surface area (TPSA) is 44.3 Å². The summed E-state index contributed by atoms with van der Waals surface area (Å²) in [4.78, 5) is 4.45. The molecule has 20 heavy (non-hydrogen) atoms. The average molecular weight is 289 g/mol. The molecule has 0 amide bonds. The largest absolute Gasteiger partial charge is 0.435 e. The maximum Gasteiger partial charge on any atom is 0.435 e. The van der Waals surface area contributed by atoms with E-state index in [-0.39, 0.29) is 0 Å². The highest BCUT2D eigenvalue weighted by Crippen LogP contribution is 2.27. The lowest BCUT2D eigenvalue weighted by molar-refractivity contribution is -0.141. The second kappa shape index (κ2) is 5.92. The minimum absolute atomic E-state index is 0.304. The minimum Gasteiger partial charge on any atom is -0.367 e. The summed E-state index contributed by atoms with van der Waals surface area (Å²) in [7, 11) is 4.09. The van der Waals surface area contributed by atoms with Gasteiger partial charge in [0.1, 0.15) is 5.82 Å². The third-order valence-electron chi connectivity index (χ3n) is 3.45. The van der Waals surface area contributed by atoms with Gasteiger partial charge in [0.05, 0.1) is 0 Å². The van der Waals surface area contributed by atoms with Gasteiger partial charge in [0, 0.05) is 32.2 Å². The maximum atomic E-state index is 12.4. The molecule has 1 aromatic heterocycles. The van der Waals surface area contributed by atoms with E-state index in [4.69, 9.17) is 0 Å². The van der Waals surface area contributed by atoms with Crippen molar-refractivity contribution in [3.05, 3.63) is 17.8 Å². The number of hydrogen-bond donors (Lipinski definition) is 1. The predicted molar refractivity (Wildman–Crippen MR) is 69.4 cm³/mol. The van der Waals surface area contributed by atoms with E-state index < -0.39 is 11.9 Å². The van der Waals surface area contributed by atoms with Crippen molar-refractivity contribution in [1.82, 2.24) is 20.0 Å². The Hall–Kier alpha value is -1.41. The predicted octanol–water partition coefficient (Wildman–Crippen LogP) is 1.15. The van der Waals surface area contributed by atoms with Crippen LogP contribution in [0, 0.1) is 0 Å². The Kier molecular flexibility index (Phi) is 4.44. The van der Waals surface area contributed by atoms with Gasteiger partial charge in [-0.15, -0.1) is 10.2 Å². The lowest BCUT2D eigenvalue weighted by Crippen LogP contribution is -2.52. The average Bonchev–Trinajstić information content (AvgIpc) is 2.39. The molecule has 2 heterocycles. The van der Waals surface area contributed by atoms with Crippen molar-refractivity contribution in [2.24, 2.45) is 0 Å². The van der Waals surface area contributed by atoms with Crippen LogP contribution in [0.2, 0.25) is 0 Å². The first-order valence-electron chi connectivity index (χ1n) is 6.40. The number of likely N-dealkylation sites (N-methyl/N-ethyl adjacent to an activating group) is 2. The first kappa shape index (κ1) is 15.0. The second-order valence-corrected chi connectivity index (χ2v) is 5.08. The Morgan fingerprint density at radius 1 is 1.25 bits per heavy atom. The molecule has 5 nitrogen and oxygen atoms in total. The van der Waals surface area contributed by atoms with Gasteiger partial charge < -0.3 is 10.2 Å². The van der Waals surface area contributed by atoms with Gasteiger partial charge in [-0.1, -0.05) is 0 Å². The Labute approximate surface area is 115 Å². The number of alkyl halides is 3. The van der Waals surface area contributed by atoms with Crippen LogP contribution in [0.15, 0.2) is 12.1 Å². The van der Waals surface area contributed by atoms with Crippen LogP contribution in [0.5, 0.6) is 0 Å². The van der Waals surface area contributed by atoms with Gasteiger partial charge in [-0.3, -0.25) is 4.90 Å². The number of nitrogens with one attached hydrogen (secondary N) is 1. The molecule has 1 aromatic rings. The number of aromatic nitrogens is 2. The van der Waals surface area contributed by atoms with Crippen LogP contribution in [0.3, 0.4) is 0 Å². The van der Waals surface area contributed by atoms with E-state index in [1.165, 1.54) is 6.07 Å². The maximum absolute atomic E-state index is 12.4. The lowest BCUT2D eigenvalue weighted by Gasteiger charge is -2.37. The number of halogens is 3. The summed E-state index contributed by atoms with van der Waals surface area (Å²) >= 11 is 0. The molecule has 1 saturated heterocycles. The number of hydrogen-bond acceptors (Lipinski definition) is 5. The van der Waals surface area contributed by atoms with E-state index in [2.05, 4.69) is 32.4 Å². The van der Waals surface area contributed by atoms with Gasteiger partial charge >= 0.3 is 6.18 Å². The van der Waals surface area contributed by atoms with Crippen LogP contribution < -0.4 is 5.32 Å². The summed E-state index contributed by atoms with van der Waals surface area (Å²) in [6, 6.07) is 2.55. The fourth-order valence-electron chi connectivity index (χ4n) is 2.12. The van der Waals surface area contributed by atoms with Crippen LogP contribution in [0.25, 0.3) is 0 Å². The zero-order valence-electron chi connectivity index (χ0n) is 11.5. The molecule has 112 valence electrons. The third kappa shape index (κ3) is 3.80. The molecule has 0 aliphatic carbocycles. The van der Waals surface area contributed by atoms with Gasteiger partial charge in [0.25, 0.3) is 0 Å². The van der Waals surface area contributed by atoms with Crippen molar-refractivity contribution in [3.63, 3.8) is 0 Å². The number of rotatable bonds is 3. The number of piperazine rings is 1. The smallest absolute Gasteiger partial charge is 0.367 e. The molecule has 2 rings (SSSR count). The fraction of sp³-hybridized carbons (Fsp3) is 0.667. The zero-order valence-corrected chi connectivity index (χ0v) is 11.5. The highest BCUT2D eigenvalue weighted by atomic mass is 19.4. The number of nitrogens with zero attached hydrogens (tertiary/aromatic N) is 4. The molecular weight excluding hydrogens is 271 g/mol. The molecule has 0 saturated carbocycles. The summed E-state index contributed by atoms with van der Waals surface area (Å²) < 4.78 is 37.1. The van der Waals surface area contributed by atoms with Crippen LogP contribution in [-0.4, -0.2) is 66.3 Å².